The smallest absolute Gasteiger partial charge is 0.224 e. The Morgan fingerprint density at radius 2 is 2.12 bits per heavy atom. The molecule has 1 atom stereocenters. The maximum absolute atomic E-state index is 5.66. The minimum absolute atomic E-state index is 0.291. The minimum atomic E-state index is 0.291. The molecule has 3 heterocycles. The average molecular weight is 324 g/mol. The van der Waals surface area contributed by atoms with Crippen LogP contribution < -0.4 is 10.2 Å². The molecule has 2 aliphatic rings. The molecule has 0 amide bonds. The predicted molar refractivity (Wildman–Crippen MR) is 95.4 cm³/mol. The van der Waals surface area contributed by atoms with Gasteiger partial charge in [-0.2, -0.15) is 4.98 Å². The highest BCUT2D eigenvalue weighted by molar-refractivity contribution is 5.48. The molecule has 5 heteroatoms. The van der Waals surface area contributed by atoms with E-state index in [1.165, 1.54) is 11.1 Å². The van der Waals surface area contributed by atoms with E-state index in [1.807, 2.05) is 6.92 Å². The molecular weight excluding hydrogens is 300 g/mol. The van der Waals surface area contributed by atoms with E-state index in [1.54, 1.807) is 0 Å². The number of benzene rings is 1. The number of ether oxygens (including phenoxy) is 1. The van der Waals surface area contributed by atoms with Crippen LogP contribution >= 0.6 is 0 Å². The van der Waals surface area contributed by atoms with Gasteiger partial charge in [-0.25, -0.2) is 4.98 Å². The van der Waals surface area contributed by atoms with Crippen molar-refractivity contribution >= 4 is 11.8 Å². The Balaban J connectivity index is 1.49. The first-order chi connectivity index (χ1) is 11.8. The van der Waals surface area contributed by atoms with E-state index in [0.29, 0.717) is 12.1 Å². The highest BCUT2D eigenvalue weighted by Crippen LogP contribution is 2.24. The fourth-order valence-electron chi connectivity index (χ4n) is 3.49. The lowest BCUT2D eigenvalue weighted by molar-refractivity contribution is 0.120. The molecule has 1 fully saturated rings. The lowest BCUT2D eigenvalue weighted by atomic mass is 10.00. The van der Waals surface area contributed by atoms with Crippen LogP contribution in [0.15, 0.2) is 30.3 Å². The van der Waals surface area contributed by atoms with E-state index in [9.17, 15) is 0 Å². The van der Waals surface area contributed by atoms with E-state index >= 15 is 0 Å². The monoisotopic (exact) mass is 324 g/mol. The molecule has 2 aromatic rings. The van der Waals surface area contributed by atoms with Gasteiger partial charge in [-0.1, -0.05) is 24.3 Å². The van der Waals surface area contributed by atoms with Crippen LogP contribution in [0.1, 0.15) is 29.7 Å². The maximum atomic E-state index is 5.66. The van der Waals surface area contributed by atoms with Gasteiger partial charge in [-0.3, -0.25) is 0 Å². The van der Waals surface area contributed by atoms with E-state index in [-0.39, 0.29) is 0 Å². The predicted octanol–water partition coefficient (Wildman–Crippen LogP) is 2.94. The van der Waals surface area contributed by atoms with Crippen LogP contribution in [0.2, 0.25) is 0 Å². The average Bonchev–Trinajstić information content (AvgIpc) is 3.13. The Kier molecular flexibility index (Phi) is 4.34. The van der Waals surface area contributed by atoms with Crippen LogP contribution in [0.3, 0.4) is 0 Å². The van der Waals surface area contributed by atoms with Crippen LogP contribution in [0, 0.1) is 6.92 Å². The third-order valence-corrected chi connectivity index (χ3v) is 4.81. The number of hydrogen-bond donors (Lipinski definition) is 1. The van der Waals surface area contributed by atoms with Crippen LogP contribution in [0.5, 0.6) is 0 Å². The van der Waals surface area contributed by atoms with Gasteiger partial charge in [0.05, 0.1) is 6.10 Å². The molecule has 0 aliphatic carbocycles. The van der Waals surface area contributed by atoms with Crippen LogP contribution in [0.25, 0.3) is 0 Å². The molecule has 4 rings (SSSR count). The second kappa shape index (κ2) is 6.77. The fourth-order valence-corrected chi connectivity index (χ4v) is 3.49. The summed E-state index contributed by atoms with van der Waals surface area (Å²) in [5.74, 6) is 1.71. The molecule has 2 aliphatic heterocycles. The fraction of sp³-hybridized carbons (Fsp3) is 0.474. The van der Waals surface area contributed by atoms with Crippen molar-refractivity contribution in [3.05, 3.63) is 47.2 Å². The summed E-state index contributed by atoms with van der Waals surface area (Å²) in [6.45, 7) is 5.60. The zero-order valence-electron chi connectivity index (χ0n) is 14.2. The topological polar surface area (TPSA) is 50.3 Å². The van der Waals surface area contributed by atoms with Gasteiger partial charge >= 0.3 is 0 Å². The van der Waals surface area contributed by atoms with Gasteiger partial charge in [0.25, 0.3) is 0 Å². The molecule has 1 N–H and O–H groups in total. The summed E-state index contributed by atoms with van der Waals surface area (Å²) in [6, 6.07) is 10.8. The van der Waals surface area contributed by atoms with Crippen LogP contribution in [0.4, 0.5) is 11.8 Å². The van der Waals surface area contributed by atoms with Gasteiger partial charge in [-0.15, -0.1) is 0 Å². The quantitative estimate of drug-likeness (QED) is 0.937. The summed E-state index contributed by atoms with van der Waals surface area (Å²) < 4.78 is 5.66. The van der Waals surface area contributed by atoms with Gasteiger partial charge in [0, 0.05) is 38.0 Å². The van der Waals surface area contributed by atoms with Crippen LogP contribution in [-0.4, -0.2) is 35.8 Å². The molecule has 0 radical (unpaired) electrons. The molecule has 1 unspecified atom stereocenters. The summed E-state index contributed by atoms with van der Waals surface area (Å²) in [6.07, 6.45) is 3.63. The third-order valence-electron chi connectivity index (χ3n) is 4.81. The molecule has 1 aromatic carbocycles. The number of anilines is 2. The molecule has 24 heavy (non-hydrogen) atoms. The number of aromatic nitrogens is 2. The second-order valence-corrected chi connectivity index (χ2v) is 6.65. The van der Waals surface area contributed by atoms with Gasteiger partial charge in [-0.05, 0) is 37.3 Å². The largest absolute Gasteiger partial charge is 0.376 e. The van der Waals surface area contributed by atoms with Gasteiger partial charge < -0.3 is 15.0 Å². The summed E-state index contributed by atoms with van der Waals surface area (Å²) in [5.41, 5.74) is 3.85. The van der Waals surface area contributed by atoms with Gasteiger partial charge in [0.15, 0.2) is 0 Å². The Morgan fingerprint density at radius 1 is 1.25 bits per heavy atom. The lowest BCUT2D eigenvalue weighted by Gasteiger charge is -2.30. The molecule has 1 aromatic heterocycles. The number of nitrogens with one attached hydrogen (secondary N) is 1. The number of hydrogen-bond acceptors (Lipinski definition) is 5. The number of fused-ring (bicyclic) bond motifs is 1. The maximum Gasteiger partial charge on any atom is 0.224 e. The van der Waals surface area contributed by atoms with Gasteiger partial charge in [0.1, 0.15) is 5.82 Å². The number of aryl methyl sites for hydroxylation is 1. The van der Waals surface area contributed by atoms with Crippen LogP contribution in [-0.2, 0) is 17.7 Å². The SMILES string of the molecule is Cc1cc(N2CCc3ccccc3C2)nc(NCC2CCCO2)n1. The summed E-state index contributed by atoms with van der Waals surface area (Å²) in [7, 11) is 0. The first-order valence-corrected chi connectivity index (χ1v) is 8.81. The second-order valence-electron chi connectivity index (χ2n) is 6.65. The highest BCUT2D eigenvalue weighted by atomic mass is 16.5. The normalized spacial score (nSPS) is 20.0. The van der Waals surface area contributed by atoms with Crippen molar-refractivity contribution in [3.8, 4) is 0 Å². The Labute approximate surface area is 143 Å². The molecule has 1 saturated heterocycles. The number of nitrogens with zero attached hydrogens (tertiary/aromatic N) is 3. The summed E-state index contributed by atoms with van der Waals surface area (Å²) in [5, 5.41) is 3.35. The Morgan fingerprint density at radius 3 is 2.96 bits per heavy atom. The van der Waals surface area contributed by atoms with Crippen molar-refractivity contribution in [2.24, 2.45) is 0 Å². The molecule has 0 spiro atoms. The standard InChI is InChI=1S/C19H24N4O/c1-14-11-18(22-19(21-14)20-12-17-7-4-10-24-17)23-9-8-15-5-2-3-6-16(15)13-23/h2-3,5-6,11,17H,4,7-10,12-13H2,1H3,(H,20,21,22). The lowest BCUT2D eigenvalue weighted by Crippen LogP contribution is -2.31. The van der Waals surface area contributed by atoms with Crippen molar-refractivity contribution in [1.82, 2.24) is 9.97 Å². The molecule has 0 bridgehead atoms. The Bertz CT molecular complexity index is 712. The molecule has 5 nitrogen and oxygen atoms in total. The van der Waals surface area contributed by atoms with Crippen molar-refractivity contribution < 1.29 is 4.74 Å². The van der Waals surface area contributed by atoms with E-state index < -0.39 is 0 Å². The highest BCUT2D eigenvalue weighted by Gasteiger charge is 2.19. The third kappa shape index (κ3) is 3.36. The van der Waals surface area contributed by atoms with Crippen molar-refractivity contribution in [1.29, 1.82) is 0 Å². The summed E-state index contributed by atoms with van der Waals surface area (Å²) in [4.78, 5) is 11.6. The molecule has 126 valence electrons. The zero-order chi connectivity index (χ0) is 16.4. The first kappa shape index (κ1) is 15.4. The number of rotatable bonds is 4. The summed E-state index contributed by atoms with van der Waals surface area (Å²) >= 11 is 0. The van der Waals surface area contributed by atoms with E-state index in [2.05, 4.69) is 45.5 Å². The van der Waals surface area contributed by atoms with Crippen molar-refractivity contribution in [2.45, 2.75) is 38.8 Å². The first-order valence-electron chi connectivity index (χ1n) is 8.81. The molecular formula is C19H24N4O. The van der Waals surface area contributed by atoms with Crippen molar-refractivity contribution in [3.63, 3.8) is 0 Å². The van der Waals surface area contributed by atoms with Crippen molar-refractivity contribution in [2.75, 3.05) is 29.9 Å². The minimum Gasteiger partial charge on any atom is -0.376 e. The van der Waals surface area contributed by atoms with E-state index in [4.69, 9.17) is 9.72 Å². The molecule has 0 saturated carbocycles. The van der Waals surface area contributed by atoms with Gasteiger partial charge in [0.2, 0.25) is 5.95 Å². The Hall–Kier alpha value is -2.14. The zero-order valence-corrected chi connectivity index (χ0v) is 14.2. The van der Waals surface area contributed by atoms with E-state index in [0.717, 1.165) is 57.0 Å².